The standard InChI is InChI=1S/C22H24N4O3S2/c1-14-21(30-22(24-14)25-15(2)27)17-9-10-20-16(12-17)6-5-11-26(20)31(28,29)19-8-4-7-18(13-19)23-3/h4,7-10,12-13,23H,5-6,11H2,1-3H3,(H,24,25,27). The number of nitrogens with one attached hydrogen (secondary N) is 2. The average molecular weight is 457 g/mol. The van der Waals surface area contributed by atoms with Crippen molar-refractivity contribution in [3.8, 4) is 10.4 Å². The lowest BCUT2D eigenvalue weighted by molar-refractivity contribution is -0.114. The van der Waals surface area contributed by atoms with Gasteiger partial charge in [-0.2, -0.15) is 0 Å². The van der Waals surface area contributed by atoms with Gasteiger partial charge in [-0.25, -0.2) is 13.4 Å². The third-order valence-corrected chi connectivity index (χ3v) is 8.14. The van der Waals surface area contributed by atoms with E-state index in [1.807, 2.05) is 31.2 Å². The average Bonchev–Trinajstić information content (AvgIpc) is 3.12. The van der Waals surface area contributed by atoms with Gasteiger partial charge in [0.25, 0.3) is 10.0 Å². The molecule has 4 rings (SSSR count). The zero-order chi connectivity index (χ0) is 22.2. The molecule has 1 aliphatic rings. The molecule has 2 aromatic carbocycles. The van der Waals surface area contributed by atoms with E-state index in [1.54, 1.807) is 25.2 Å². The van der Waals surface area contributed by atoms with Crippen molar-refractivity contribution in [3.05, 3.63) is 53.7 Å². The van der Waals surface area contributed by atoms with Gasteiger partial charge in [0.2, 0.25) is 5.91 Å². The number of aryl methyl sites for hydroxylation is 2. The number of amides is 1. The Kier molecular flexibility index (Phi) is 5.72. The monoisotopic (exact) mass is 456 g/mol. The molecule has 7 nitrogen and oxygen atoms in total. The number of fused-ring (bicyclic) bond motifs is 1. The Bertz CT molecular complexity index is 1250. The summed E-state index contributed by atoms with van der Waals surface area (Å²) in [5.74, 6) is -0.158. The zero-order valence-electron chi connectivity index (χ0n) is 17.6. The fraction of sp³-hybridized carbons (Fsp3) is 0.273. The van der Waals surface area contributed by atoms with Crippen LogP contribution in [0.3, 0.4) is 0 Å². The fourth-order valence-electron chi connectivity index (χ4n) is 3.76. The Balaban J connectivity index is 1.71. The lowest BCUT2D eigenvalue weighted by Gasteiger charge is -2.31. The maximum absolute atomic E-state index is 13.4. The van der Waals surface area contributed by atoms with Crippen LogP contribution in [0.2, 0.25) is 0 Å². The summed E-state index contributed by atoms with van der Waals surface area (Å²) in [6.45, 7) is 3.81. The first-order chi connectivity index (χ1) is 14.8. The third-order valence-electron chi connectivity index (χ3n) is 5.21. The number of anilines is 3. The van der Waals surface area contributed by atoms with Gasteiger partial charge in [-0.1, -0.05) is 23.5 Å². The molecule has 2 N–H and O–H groups in total. The SMILES string of the molecule is CNc1cccc(S(=O)(=O)N2CCCc3cc(-c4sc(NC(C)=O)nc4C)ccc32)c1. The van der Waals surface area contributed by atoms with Crippen LogP contribution in [-0.4, -0.2) is 32.9 Å². The Morgan fingerprint density at radius 1 is 1.19 bits per heavy atom. The van der Waals surface area contributed by atoms with Crippen LogP contribution >= 0.6 is 11.3 Å². The minimum atomic E-state index is -3.67. The van der Waals surface area contributed by atoms with Crippen molar-refractivity contribution in [3.63, 3.8) is 0 Å². The largest absolute Gasteiger partial charge is 0.388 e. The van der Waals surface area contributed by atoms with Gasteiger partial charge >= 0.3 is 0 Å². The van der Waals surface area contributed by atoms with E-state index < -0.39 is 10.0 Å². The summed E-state index contributed by atoms with van der Waals surface area (Å²) in [5, 5.41) is 6.28. The summed E-state index contributed by atoms with van der Waals surface area (Å²) in [6, 6.07) is 12.7. The molecule has 0 bridgehead atoms. The number of aromatic nitrogens is 1. The van der Waals surface area contributed by atoms with Gasteiger partial charge in [0.05, 0.1) is 21.2 Å². The number of carbonyl (C=O) groups excluding carboxylic acids is 1. The molecule has 0 spiro atoms. The molecule has 1 amide bonds. The molecule has 31 heavy (non-hydrogen) atoms. The van der Waals surface area contributed by atoms with Gasteiger partial charge < -0.3 is 10.6 Å². The molecule has 9 heteroatoms. The summed E-state index contributed by atoms with van der Waals surface area (Å²) >= 11 is 1.42. The van der Waals surface area contributed by atoms with Crippen LogP contribution in [0.1, 0.15) is 24.6 Å². The summed E-state index contributed by atoms with van der Waals surface area (Å²) in [5.41, 5.74) is 4.27. The molecule has 162 valence electrons. The van der Waals surface area contributed by atoms with E-state index in [-0.39, 0.29) is 10.8 Å². The Morgan fingerprint density at radius 3 is 2.74 bits per heavy atom. The van der Waals surface area contributed by atoms with E-state index >= 15 is 0 Å². The first-order valence-corrected chi connectivity index (χ1v) is 12.2. The summed E-state index contributed by atoms with van der Waals surface area (Å²) < 4.78 is 28.3. The molecule has 0 fully saturated rings. The molecule has 0 unspecified atom stereocenters. The summed E-state index contributed by atoms with van der Waals surface area (Å²) in [4.78, 5) is 17.0. The van der Waals surface area contributed by atoms with Crippen molar-refractivity contribution in [1.82, 2.24) is 4.98 Å². The van der Waals surface area contributed by atoms with Crippen LogP contribution < -0.4 is 14.9 Å². The van der Waals surface area contributed by atoms with E-state index in [4.69, 9.17) is 0 Å². The maximum Gasteiger partial charge on any atom is 0.264 e. The topological polar surface area (TPSA) is 91.4 Å². The number of sulfonamides is 1. The van der Waals surface area contributed by atoms with Crippen LogP contribution in [0.4, 0.5) is 16.5 Å². The maximum atomic E-state index is 13.4. The number of nitrogens with zero attached hydrogens (tertiary/aromatic N) is 2. The van der Waals surface area contributed by atoms with E-state index in [2.05, 4.69) is 15.6 Å². The number of hydrogen-bond acceptors (Lipinski definition) is 6. The van der Waals surface area contributed by atoms with Gasteiger partial charge in [0.15, 0.2) is 5.13 Å². The predicted octanol–water partition coefficient (Wildman–Crippen LogP) is 4.26. The van der Waals surface area contributed by atoms with Crippen molar-refractivity contribution < 1.29 is 13.2 Å². The second-order valence-electron chi connectivity index (χ2n) is 7.42. The lowest BCUT2D eigenvalue weighted by Crippen LogP contribution is -2.35. The molecule has 0 saturated heterocycles. The molecule has 3 aromatic rings. The fourth-order valence-corrected chi connectivity index (χ4v) is 6.36. The number of rotatable bonds is 5. The van der Waals surface area contributed by atoms with Gasteiger partial charge in [-0.15, -0.1) is 0 Å². The van der Waals surface area contributed by atoms with Crippen molar-refractivity contribution >= 4 is 43.8 Å². The molecule has 0 aliphatic carbocycles. The Labute approximate surface area is 186 Å². The summed E-state index contributed by atoms with van der Waals surface area (Å²) in [7, 11) is -1.90. The van der Waals surface area contributed by atoms with Crippen molar-refractivity contribution in [2.75, 3.05) is 28.5 Å². The number of benzene rings is 2. The molecule has 1 aromatic heterocycles. The van der Waals surface area contributed by atoms with Crippen LogP contribution in [0, 0.1) is 6.92 Å². The van der Waals surface area contributed by atoms with Crippen LogP contribution in [0.25, 0.3) is 10.4 Å². The molecule has 2 heterocycles. The van der Waals surface area contributed by atoms with E-state index in [0.717, 1.165) is 40.2 Å². The van der Waals surface area contributed by atoms with Crippen molar-refractivity contribution in [2.24, 2.45) is 0 Å². The zero-order valence-corrected chi connectivity index (χ0v) is 19.2. The second kappa shape index (κ2) is 8.32. The van der Waals surface area contributed by atoms with Crippen LogP contribution in [0.5, 0.6) is 0 Å². The number of carbonyl (C=O) groups is 1. The summed E-state index contributed by atoms with van der Waals surface area (Å²) in [6.07, 6.45) is 1.56. The van der Waals surface area contributed by atoms with Gasteiger partial charge in [-0.3, -0.25) is 9.10 Å². The molecule has 0 atom stereocenters. The van der Waals surface area contributed by atoms with E-state index in [0.29, 0.717) is 17.4 Å². The lowest BCUT2D eigenvalue weighted by atomic mass is 10.00. The van der Waals surface area contributed by atoms with Gasteiger partial charge in [0.1, 0.15) is 0 Å². The highest BCUT2D eigenvalue weighted by atomic mass is 32.2. The van der Waals surface area contributed by atoms with E-state index in [9.17, 15) is 13.2 Å². The highest BCUT2D eigenvalue weighted by Gasteiger charge is 2.29. The smallest absolute Gasteiger partial charge is 0.264 e. The Morgan fingerprint density at radius 2 is 2.00 bits per heavy atom. The molecule has 0 radical (unpaired) electrons. The van der Waals surface area contributed by atoms with Crippen molar-refractivity contribution in [2.45, 2.75) is 31.6 Å². The minimum Gasteiger partial charge on any atom is -0.388 e. The van der Waals surface area contributed by atoms with Gasteiger partial charge in [0, 0.05) is 26.2 Å². The first-order valence-electron chi connectivity index (χ1n) is 9.98. The third kappa shape index (κ3) is 4.15. The Hall–Kier alpha value is -2.91. The molecule has 1 aliphatic heterocycles. The number of thiazole rings is 1. The molecule has 0 saturated carbocycles. The van der Waals surface area contributed by atoms with Crippen molar-refractivity contribution in [1.29, 1.82) is 0 Å². The number of hydrogen-bond donors (Lipinski definition) is 2. The first kappa shape index (κ1) is 21.3. The minimum absolute atomic E-state index is 0.158. The quantitative estimate of drug-likeness (QED) is 0.599. The highest BCUT2D eigenvalue weighted by molar-refractivity contribution is 7.92. The van der Waals surface area contributed by atoms with Crippen LogP contribution in [0.15, 0.2) is 47.4 Å². The normalized spacial score (nSPS) is 13.6. The second-order valence-corrected chi connectivity index (χ2v) is 10.3. The van der Waals surface area contributed by atoms with Crippen LogP contribution in [-0.2, 0) is 21.2 Å². The molecular weight excluding hydrogens is 432 g/mol. The predicted molar refractivity (Wildman–Crippen MR) is 125 cm³/mol. The van der Waals surface area contributed by atoms with Gasteiger partial charge in [-0.05, 0) is 61.2 Å². The molecular formula is C22H24N4O3S2. The highest BCUT2D eigenvalue weighted by Crippen LogP contribution is 2.38. The van der Waals surface area contributed by atoms with E-state index in [1.165, 1.54) is 22.6 Å².